The number of carbonyl (C=O) groups is 1. The second-order valence-corrected chi connectivity index (χ2v) is 8.41. The molecule has 0 bridgehead atoms. The van der Waals surface area contributed by atoms with Crippen molar-refractivity contribution in [3.05, 3.63) is 99.3 Å². The average Bonchev–Trinajstić information content (AvgIpc) is 3.44. The molecule has 2 heterocycles. The number of benzene rings is 2. The van der Waals surface area contributed by atoms with E-state index in [4.69, 9.17) is 11.6 Å². The number of aromatic nitrogens is 4. The van der Waals surface area contributed by atoms with Gasteiger partial charge in [0.15, 0.2) is 5.01 Å². The average molecular weight is 450 g/mol. The minimum atomic E-state index is -0.274. The summed E-state index contributed by atoms with van der Waals surface area (Å²) in [6.45, 7) is 3.13. The lowest BCUT2D eigenvalue weighted by molar-refractivity contribution is 0.0950. The smallest absolute Gasteiger partial charge is 0.282 e. The van der Waals surface area contributed by atoms with Crippen LogP contribution in [0.1, 0.15) is 37.1 Å². The van der Waals surface area contributed by atoms with Crippen LogP contribution in [0, 0.1) is 6.92 Å². The third kappa shape index (κ3) is 5.65. The van der Waals surface area contributed by atoms with E-state index >= 15 is 0 Å². The normalized spacial score (nSPS) is 11.5. The van der Waals surface area contributed by atoms with Crippen molar-refractivity contribution in [2.75, 3.05) is 0 Å². The zero-order valence-electron chi connectivity index (χ0n) is 16.8. The second-order valence-electron chi connectivity index (χ2n) is 7.03. The van der Waals surface area contributed by atoms with Gasteiger partial charge in [-0.25, -0.2) is 0 Å². The highest BCUT2D eigenvalue weighted by Gasteiger charge is 2.14. The number of rotatable bonds is 7. The van der Waals surface area contributed by atoms with Crippen molar-refractivity contribution in [2.45, 2.75) is 20.0 Å². The molecule has 1 amide bonds. The fourth-order valence-electron chi connectivity index (χ4n) is 2.89. The Labute approximate surface area is 189 Å². The van der Waals surface area contributed by atoms with E-state index in [9.17, 15) is 4.79 Å². The maximum atomic E-state index is 12.4. The molecule has 1 N–H and O–H groups in total. The van der Waals surface area contributed by atoms with Gasteiger partial charge in [-0.3, -0.25) is 9.48 Å². The summed E-state index contributed by atoms with van der Waals surface area (Å²) in [5, 5.41) is 16.4. The Balaban J connectivity index is 1.38. The standard InChI is InChI=1S/C23H20ClN5OS/c1-16-7-9-17(10-8-16)12-25-21(30)23-28-27-22(31-23)20(24)11-19-13-26-29(15-19)14-18-5-3-2-4-6-18/h2-11,13,15H,12,14H2,1H3,(H,25,30)/b20-11-. The summed E-state index contributed by atoms with van der Waals surface area (Å²) in [5.41, 5.74) is 4.21. The van der Waals surface area contributed by atoms with Crippen LogP contribution >= 0.6 is 22.9 Å². The molecule has 156 valence electrons. The van der Waals surface area contributed by atoms with Crippen LogP contribution < -0.4 is 5.32 Å². The summed E-state index contributed by atoms with van der Waals surface area (Å²) < 4.78 is 1.84. The Morgan fingerprint density at radius 2 is 1.81 bits per heavy atom. The number of carbonyl (C=O) groups excluding carboxylic acids is 1. The number of aryl methyl sites for hydroxylation is 1. The zero-order chi connectivity index (χ0) is 21.6. The van der Waals surface area contributed by atoms with Gasteiger partial charge in [0.2, 0.25) is 5.01 Å². The topological polar surface area (TPSA) is 72.7 Å². The predicted octanol–water partition coefficient (Wildman–Crippen LogP) is 4.76. The van der Waals surface area contributed by atoms with Gasteiger partial charge in [0, 0.05) is 18.3 Å². The minimum absolute atomic E-state index is 0.272. The van der Waals surface area contributed by atoms with Crippen LogP contribution in [0.3, 0.4) is 0 Å². The lowest BCUT2D eigenvalue weighted by atomic mass is 10.1. The van der Waals surface area contributed by atoms with Crippen LogP contribution in [0.5, 0.6) is 0 Å². The molecule has 2 aromatic carbocycles. The Morgan fingerprint density at radius 3 is 2.58 bits per heavy atom. The van der Waals surface area contributed by atoms with Crippen LogP contribution in [0.25, 0.3) is 11.1 Å². The molecule has 0 spiro atoms. The largest absolute Gasteiger partial charge is 0.346 e. The molecule has 8 heteroatoms. The quantitative estimate of drug-likeness (QED) is 0.441. The lowest BCUT2D eigenvalue weighted by Crippen LogP contribution is -2.22. The van der Waals surface area contributed by atoms with Gasteiger partial charge in [0.25, 0.3) is 5.91 Å². The van der Waals surface area contributed by atoms with Crippen molar-refractivity contribution >= 4 is 40.0 Å². The molecule has 0 aliphatic carbocycles. The molecule has 0 aliphatic heterocycles. The molecule has 31 heavy (non-hydrogen) atoms. The number of halogens is 1. The first-order valence-electron chi connectivity index (χ1n) is 9.68. The fraction of sp³-hybridized carbons (Fsp3) is 0.130. The summed E-state index contributed by atoms with van der Waals surface area (Å²) in [7, 11) is 0. The number of nitrogens with zero attached hydrogens (tertiary/aromatic N) is 4. The van der Waals surface area contributed by atoms with Gasteiger partial charge >= 0.3 is 0 Å². The maximum absolute atomic E-state index is 12.4. The molecule has 0 unspecified atom stereocenters. The number of hydrogen-bond acceptors (Lipinski definition) is 5. The Hall–Kier alpha value is -3.29. The van der Waals surface area contributed by atoms with E-state index in [0.717, 1.165) is 28.0 Å². The molecule has 0 fully saturated rings. The van der Waals surface area contributed by atoms with E-state index in [0.29, 0.717) is 23.1 Å². The van der Waals surface area contributed by atoms with Crippen molar-refractivity contribution in [1.82, 2.24) is 25.3 Å². The van der Waals surface area contributed by atoms with Gasteiger partial charge in [-0.2, -0.15) is 5.10 Å². The minimum Gasteiger partial charge on any atom is -0.346 e. The predicted molar refractivity (Wildman–Crippen MR) is 124 cm³/mol. The highest BCUT2D eigenvalue weighted by Crippen LogP contribution is 2.25. The summed E-state index contributed by atoms with van der Waals surface area (Å²) in [6.07, 6.45) is 5.41. The molecular weight excluding hydrogens is 430 g/mol. The van der Waals surface area contributed by atoms with Gasteiger partial charge in [0.1, 0.15) is 0 Å². The first-order chi connectivity index (χ1) is 15.1. The first-order valence-corrected chi connectivity index (χ1v) is 10.9. The Bertz CT molecular complexity index is 1200. The van der Waals surface area contributed by atoms with Crippen LogP contribution in [-0.2, 0) is 13.1 Å². The molecule has 0 saturated heterocycles. The van der Waals surface area contributed by atoms with Gasteiger partial charge in [-0.15, -0.1) is 10.2 Å². The molecule has 6 nitrogen and oxygen atoms in total. The summed E-state index contributed by atoms with van der Waals surface area (Å²) >= 11 is 7.57. The van der Waals surface area contributed by atoms with Crippen molar-refractivity contribution in [3.8, 4) is 0 Å². The SMILES string of the molecule is Cc1ccc(CNC(=O)c2nnc(/C(Cl)=C/c3cnn(Cc4ccccc4)c3)s2)cc1. The van der Waals surface area contributed by atoms with Gasteiger partial charge in [0.05, 0.1) is 17.8 Å². The van der Waals surface area contributed by atoms with E-state index in [2.05, 4.69) is 32.7 Å². The van der Waals surface area contributed by atoms with Crippen LogP contribution in [-0.4, -0.2) is 25.9 Å². The van der Waals surface area contributed by atoms with E-state index in [1.165, 1.54) is 5.56 Å². The monoisotopic (exact) mass is 449 g/mol. The van der Waals surface area contributed by atoms with Crippen molar-refractivity contribution in [1.29, 1.82) is 0 Å². The third-order valence-electron chi connectivity index (χ3n) is 4.53. The number of nitrogens with one attached hydrogen (secondary N) is 1. The molecule has 0 aliphatic rings. The van der Waals surface area contributed by atoms with E-state index in [-0.39, 0.29) is 10.9 Å². The first kappa shape index (κ1) is 21.0. The Morgan fingerprint density at radius 1 is 1.06 bits per heavy atom. The fourth-order valence-corrected chi connectivity index (χ4v) is 3.84. The maximum Gasteiger partial charge on any atom is 0.282 e. The van der Waals surface area contributed by atoms with E-state index < -0.39 is 0 Å². The molecule has 0 saturated carbocycles. The zero-order valence-corrected chi connectivity index (χ0v) is 18.4. The van der Waals surface area contributed by atoms with E-state index in [1.54, 1.807) is 12.3 Å². The van der Waals surface area contributed by atoms with Gasteiger partial charge < -0.3 is 5.32 Å². The summed E-state index contributed by atoms with van der Waals surface area (Å²) in [6, 6.07) is 18.1. The van der Waals surface area contributed by atoms with Crippen LogP contribution in [0.2, 0.25) is 0 Å². The molecule has 2 aromatic heterocycles. The molecule has 0 atom stereocenters. The third-order valence-corrected chi connectivity index (χ3v) is 5.89. The van der Waals surface area contributed by atoms with Crippen molar-refractivity contribution in [3.63, 3.8) is 0 Å². The molecule has 4 aromatic rings. The highest BCUT2D eigenvalue weighted by molar-refractivity contribution is 7.15. The number of amides is 1. The van der Waals surface area contributed by atoms with Crippen LogP contribution in [0.4, 0.5) is 0 Å². The van der Waals surface area contributed by atoms with Gasteiger partial charge in [-0.05, 0) is 24.1 Å². The van der Waals surface area contributed by atoms with E-state index in [1.807, 2.05) is 60.3 Å². The van der Waals surface area contributed by atoms with Crippen molar-refractivity contribution in [2.24, 2.45) is 0 Å². The molecule has 4 rings (SSSR count). The van der Waals surface area contributed by atoms with Crippen LogP contribution in [0.15, 0.2) is 67.0 Å². The summed E-state index contributed by atoms with van der Waals surface area (Å²) in [4.78, 5) is 12.4. The highest BCUT2D eigenvalue weighted by atomic mass is 35.5. The number of hydrogen-bond donors (Lipinski definition) is 1. The second kappa shape index (κ2) is 9.68. The van der Waals surface area contributed by atoms with Gasteiger partial charge in [-0.1, -0.05) is 83.1 Å². The molecular formula is C23H20ClN5OS. The Kier molecular flexibility index (Phi) is 6.54. The lowest BCUT2D eigenvalue weighted by Gasteiger charge is -2.03. The molecule has 0 radical (unpaired) electrons. The van der Waals surface area contributed by atoms with Crippen molar-refractivity contribution < 1.29 is 4.79 Å². The summed E-state index contributed by atoms with van der Waals surface area (Å²) in [5.74, 6) is -0.274.